The first-order valence-electron chi connectivity index (χ1n) is 16.0. The Morgan fingerprint density at radius 2 is 1.55 bits per heavy atom. The Bertz CT molecular complexity index is 1710. The summed E-state index contributed by atoms with van der Waals surface area (Å²) < 4.78 is 22.2. The van der Waals surface area contributed by atoms with E-state index in [-0.39, 0.29) is 24.8 Å². The second-order valence-corrected chi connectivity index (χ2v) is 13.1. The lowest BCUT2D eigenvalue weighted by molar-refractivity contribution is -0.137. The first-order chi connectivity index (χ1) is 22.9. The van der Waals surface area contributed by atoms with Gasteiger partial charge in [0.05, 0.1) is 16.3 Å². The molecule has 1 aliphatic heterocycles. The molecule has 3 aromatic carbocycles. The summed E-state index contributed by atoms with van der Waals surface area (Å²) in [6.45, 7) is 0.711. The van der Waals surface area contributed by atoms with Crippen LogP contribution >= 0.6 is 24.0 Å². The van der Waals surface area contributed by atoms with Crippen LogP contribution in [0.4, 0.5) is 4.39 Å². The van der Waals surface area contributed by atoms with Gasteiger partial charge in [-0.25, -0.2) is 9.07 Å². The van der Waals surface area contributed by atoms with Crippen LogP contribution in [0.5, 0.6) is 5.75 Å². The third-order valence-electron chi connectivity index (χ3n) is 7.93. The SMILES string of the molecule is O=C(O)CCCCCCCCCCN1C(=O)/C(=C/c2cn(-c3ccccc3)nc2-c2ccc(OCc3ccccc3F)cc2)SC1=S. The van der Waals surface area contributed by atoms with E-state index in [1.165, 1.54) is 17.8 Å². The minimum absolute atomic E-state index is 0.0891. The molecule has 10 heteroatoms. The van der Waals surface area contributed by atoms with Crippen LogP contribution in [0.3, 0.4) is 0 Å². The first-order valence-corrected chi connectivity index (χ1v) is 17.2. The molecule has 1 aliphatic rings. The van der Waals surface area contributed by atoms with Crippen molar-refractivity contribution in [2.24, 2.45) is 0 Å². The highest BCUT2D eigenvalue weighted by Gasteiger charge is 2.32. The van der Waals surface area contributed by atoms with Crippen LogP contribution in [0.25, 0.3) is 23.0 Å². The summed E-state index contributed by atoms with van der Waals surface area (Å²) in [5.41, 5.74) is 3.73. The van der Waals surface area contributed by atoms with E-state index in [1.54, 1.807) is 27.8 Å². The van der Waals surface area contributed by atoms with E-state index >= 15 is 0 Å². The number of rotatable bonds is 17. The average Bonchev–Trinajstić information content (AvgIpc) is 3.61. The number of carbonyl (C=O) groups is 2. The van der Waals surface area contributed by atoms with Crippen molar-refractivity contribution >= 4 is 46.3 Å². The van der Waals surface area contributed by atoms with Gasteiger partial charge in [0.1, 0.15) is 22.5 Å². The maximum atomic E-state index is 14.0. The number of ether oxygens (including phenoxy) is 1. The van der Waals surface area contributed by atoms with Crippen molar-refractivity contribution in [1.29, 1.82) is 0 Å². The molecule has 2 heterocycles. The van der Waals surface area contributed by atoms with Crippen molar-refractivity contribution in [3.63, 3.8) is 0 Å². The zero-order chi connectivity index (χ0) is 33.0. The molecule has 0 atom stereocenters. The molecule has 0 saturated carbocycles. The number of carboxylic acid groups (broad SMARTS) is 1. The number of hydrogen-bond donors (Lipinski definition) is 1. The van der Waals surface area contributed by atoms with Gasteiger partial charge in [0.2, 0.25) is 0 Å². The van der Waals surface area contributed by atoms with Gasteiger partial charge in [0, 0.05) is 35.9 Å². The number of unbranched alkanes of at least 4 members (excludes halogenated alkanes) is 7. The van der Waals surface area contributed by atoms with E-state index in [1.807, 2.05) is 66.9 Å². The number of benzene rings is 3. The van der Waals surface area contributed by atoms with Crippen LogP contribution in [-0.2, 0) is 16.2 Å². The van der Waals surface area contributed by atoms with Crippen LogP contribution in [-0.4, -0.2) is 42.5 Å². The minimum Gasteiger partial charge on any atom is -0.489 e. The molecule has 0 aliphatic carbocycles. The second-order valence-electron chi connectivity index (χ2n) is 11.4. The van der Waals surface area contributed by atoms with Crippen molar-refractivity contribution in [2.45, 2.75) is 64.4 Å². The van der Waals surface area contributed by atoms with Gasteiger partial charge in [-0.15, -0.1) is 0 Å². The van der Waals surface area contributed by atoms with Crippen molar-refractivity contribution in [3.05, 3.63) is 107 Å². The summed E-state index contributed by atoms with van der Waals surface area (Å²) in [6.07, 6.45) is 12.0. The third kappa shape index (κ3) is 9.62. The van der Waals surface area contributed by atoms with Crippen molar-refractivity contribution in [2.75, 3.05) is 6.54 Å². The molecular formula is C37H38FN3O4S2. The van der Waals surface area contributed by atoms with E-state index in [4.69, 9.17) is 27.2 Å². The molecule has 5 rings (SSSR count). The summed E-state index contributed by atoms with van der Waals surface area (Å²) in [5, 5.41) is 13.6. The number of thioether (sulfide) groups is 1. The first kappa shape index (κ1) is 34.1. The smallest absolute Gasteiger partial charge is 0.303 e. The lowest BCUT2D eigenvalue weighted by Crippen LogP contribution is -2.29. The monoisotopic (exact) mass is 671 g/mol. The van der Waals surface area contributed by atoms with Gasteiger partial charge in [-0.05, 0) is 61.4 Å². The number of carbonyl (C=O) groups excluding carboxylic acids is 1. The molecule has 7 nitrogen and oxygen atoms in total. The Kier molecular flexibility index (Phi) is 12.3. The largest absolute Gasteiger partial charge is 0.489 e. The summed E-state index contributed by atoms with van der Waals surface area (Å²) in [6, 6.07) is 23.8. The zero-order valence-electron chi connectivity index (χ0n) is 26.1. The van der Waals surface area contributed by atoms with Gasteiger partial charge in [0.25, 0.3) is 5.91 Å². The number of thiocarbonyl (C=S) groups is 1. The summed E-state index contributed by atoms with van der Waals surface area (Å²) in [5.74, 6) is -0.510. The van der Waals surface area contributed by atoms with Crippen molar-refractivity contribution in [1.82, 2.24) is 14.7 Å². The quantitative estimate of drug-likeness (QED) is 0.0681. The molecule has 244 valence electrons. The highest BCUT2D eigenvalue weighted by Crippen LogP contribution is 2.35. The molecule has 0 spiro atoms. The fourth-order valence-electron chi connectivity index (χ4n) is 5.36. The molecule has 0 unspecified atom stereocenters. The van der Waals surface area contributed by atoms with Gasteiger partial charge < -0.3 is 9.84 Å². The summed E-state index contributed by atoms with van der Waals surface area (Å²) in [7, 11) is 0. The number of aromatic nitrogens is 2. The summed E-state index contributed by atoms with van der Waals surface area (Å²) in [4.78, 5) is 26.3. The van der Waals surface area contributed by atoms with Crippen LogP contribution < -0.4 is 4.74 Å². The molecule has 47 heavy (non-hydrogen) atoms. The van der Waals surface area contributed by atoms with Crippen LogP contribution in [0.2, 0.25) is 0 Å². The third-order valence-corrected chi connectivity index (χ3v) is 9.30. The number of amides is 1. The number of hydrogen-bond acceptors (Lipinski definition) is 6. The molecular weight excluding hydrogens is 634 g/mol. The Morgan fingerprint density at radius 3 is 2.26 bits per heavy atom. The molecule has 1 N–H and O–H groups in total. The molecule has 1 amide bonds. The molecule has 0 radical (unpaired) electrons. The molecule has 1 fully saturated rings. The van der Waals surface area contributed by atoms with Crippen LogP contribution in [0.15, 0.2) is 90.0 Å². The van der Waals surface area contributed by atoms with E-state index in [9.17, 15) is 14.0 Å². The number of para-hydroxylation sites is 1. The topological polar surface area (TPSA) is 84.7 Å². The fourth-order valence-corrected chi connectivity index (χ4v) is 6.66. The average molecular weight is 672 g/mol. The highest BCUT2D eigenvalue weighted by atomic mass is 32.2. The number of aliphatic carboxylic acids is 1. The molecule has 1 aromatic heterocycles. The number of carboxylic acids is 1. The van der Waals surface area contributed by atoms with E-state index in [0.29, 0.717) is 32.8 Å². The van der Waals surface area contributed by atoms with E-state index < -0.39 is 5.97 Å². The number of halogens is 1. The van der Waals surface area contributed by atoms with Gasteiger partial charge in [-0.3, -0.25) is 14.5 Å². The minimum atomic E-state index is -0.728. The highest BCUT2D eigenvalue weighted by molar-refractivity contribution is 8.26. The zero-order valence-corrected chi connectivity index (χ0v) is 27.8. The summed E-state index contributed by atoms with van der Waals surface area (Å²) >= 11 is 6.92. The maximum absolute atomic E-state index is 14.0. The van der Waals surface area contributed by atoms with Crippen LogP contribution in [0.1, 0.15) is 68.9 Å². The predicted octanol–water partition coefficient (Wildman–Crippen LogP) is 9.05. The number of nitrogens with zero attached hydrogens (tertiary/aromatic N) is 3. The Balaban J connectivity index is 1.23. The van der Waals surface area contributed by atoms with E-state index in [0.717, 1.165) is 68.2 Å². The molecule has 4 aromatic rings. The lowest BCUT2D eigenvalue weighted by Gasteiger charge is -2.14. The molecule has 0 bridgehead atoms. The van der Waals surface area contributed by atoms with Gasteiger partial charge in [-0.1, -0.05) is 98.9 Å². The second kappa shape index (κ2) is 17.0. The Labute approximate surface area is 284 Å². The van der Waals surface area contributed by atoms with Gasteiger partial charge >= 0.3 is 5.97 Å². The van der Waals surface area contributed by atoms with Gasteiger partial charge in [-0.2, -0.15) is 5.10 Å². The van der Waals surface area contributed by atoms with Crippen molar-refractivity contribution in [3.8, 4) is 22.7 Å². The predicted molar refractivity (Wildman–Crippen MR) is 189 cm³/mol. The maximum Gasteiger partial charge on any atom is 0.303 e. The van der Waals surface area contributed by atoms with Crippen LogP contribution in [0, 0.1) is 5.82 Å². The fraction of sp³-hybridized carbons (Fsp3) is 0.297. The Morgan fingerprint density at radius 1 is 0.894 bits per heavy atom. The van der Waals surface area contributed by atoms with E-state index in [2.05, 4.69) is 0 Å². The Hall–Kier alpha value is -4.28. The van der Waals surface area contributed by atoms with Gasteiger partial charge in [0.15, 0.2) is 0 Å². The molecule has 1 saturated heterocycles. The standard InChI is InChI=1S/C37H38FN3O4S2/c38-32-17-12-11-14-28(32)26-45-31-21-19-27(20-22-31)35-29(25-41(39-35)30-15-8-7-9-16-30)24-33-36(44)40(37(46)47-33)23-13-6-4-2-1-3-5-10-18-34(42)43/h7-9,11-12,14-17,19-22,24-25H,1-6,10,13,18,23,26H2,(H,42,43)/b33-24-. The lowest BCUT2D eigenvalue weighted by atomic mass is 10.1. The normalized spacial score (nSPS) is 13.9. The van der Waals surface area contributed by atoms with Crippen molar-refractivity contribution < 1.29 is 23.8 Å².